The van der Waals surface area contributed by atoms with E-state index in [4.69, 9.17) is 5.11 Å². The van der Waals surface area contributed by atoms with E-state index in [1.807, 2.05) is 0 Å². The van der Waals surface area contributed by atoms with E-state index < -0.39 is 17.2 Å². The van der Waals surface area contributed by atoms with Gasteiger partial charge in [0.05, 0.1) is 0 Å². The molecule has 0 bridgehead atoms. The van der Waals surface area contributed by atoms with Crippen LogP contribution in [0.4, 0.5) is 0 Å². The third-order valence-corrected chi connectivity index (χ3v) is 0.875. The van der Waals surface area contributed by atoms with Gasteiger partial charge >= 0.3 is 35.5 Å². The molecule has 0 aliphatic rings. The van der Waals surface area contributed by atoms with Gasteiger partial charge in [-0.2, -0.15) is 0 Å². The van der Waals surface area contributed by atoms with E-state index in [9.17, 15) is 9.59 Å². The van der Waals surface area contributed by atoms with E-state index in [-0.39, 0.29) is 31.0 Å². The van der Waals surface area contributed by atoms with Crippen LogP contribution in [0.15, 0.2) is 0 Å². The van der Waals surface area contributed by atoms with Crippen LogP contribution < -0.4 is 29.6 Å². The molecule has 0 fully saturated rings. The largest absolute Gasteiger partial charge is 1.00 e. The number of carbonyl (C=O) groups excluding carboxylic acids is 1. The molecule has 0 aromatic heterocycles. The molecular formula is C6H11NaO3. The van der Waals surface area contributed by atoms with Crippen molar-refractivity contribution in [1.29, 1.82) is 0 Å². The minimum absolute atomic E-state index is 0. The number of hydrogen-bond acceptors (Lipinski definition) is 2. The normalized spacial score (nSPS) is 9.90. The Morgan fingerprint density at radius 2 is 1.60 bits per heavy atom. The average Bonchev–Trinajstić information content (AvgIpc) is 1.62. The summed E-state index contributed by atoms with van der Waals surface area (Å²) in [5, 5.41) is 8.17. The van der Waals surface area contributed by atoms with Gasteiger partial charge in [-0.05, 0) is 0 Å². The van der Waals surface area contributed by atoms with E-state index >= 15 is 0 Å². The number of rotatable bonds is 1. The summed E-state index contributed by atoms with van der Waals surface area (Å²) < 4.78 is 0. The number of carboxylic acids is 1. The predicted molar refractivity (Wildman–Crippen MR) is 33.2 cm³/mol. The molecule has 10 heavy (non-hydrogen) atoms. The van der Waals surface area contributed by atoms with Crippen LogP contribution in [0.25, 0.3) is 0 Å². The third kappa shape index (κ3) is 4.04. The van der Waals surface area contributed by atoms with Gasteiger partial charge in [-0.15, -0.1) is 0 Å². The van der Waals surface area contributed by atoms with Crippen LogP contribution >= 0.6 is 0 Å². The first-order valence-corrected chi connectivity index (χ1v) is 2.63. The van der Waals surface area contributed by atoms with Gasteiger partial charge in [-0.3, -0.25) is 4.79 Å². The summed E-state index contributed by atoms with van der Waals surface area (Å²) in [7, 11) is 0. The number of carboxylic acid groups (broad SMARTS) is 1. The SMILES string of the molecule is CC(C)(C)C(=O)C(=O)O.[H-].[Na+]. The van der Waals surface area contributed by atoms with Crippen LogP contribution in [0.1, 0.15) is 22.2 Å². The monoisotopic (exact) mass is 154 g/mol. The maximum Gasteiger partial charge on any atom is 1.00 e. The minimum Gasteiger partial charge on any atom is -1.00 e. The number of Topliss-reactive ketones (excluding diaryl/α,β-unsaturated/α-hetero) is 1. The summed E-state index contributed by atoms with van der Waals surface area (Å²) in [6, 6.07) is 0. The number of ketones is 1. The van der Waals surface area contributed by atoms with Crippen molar-refractivity contribution in [2.24, 2.45) is 5.41 Å². The van der Waals surface area contributed by atoms with Crippen LogP contribution in [-0.2, 0) is 9.59 Å². The molecule has 0 unspecified atom stereocenters. The molecule has 0 amide bonds. The van der Waals surface area contributed by atoms with Crippen molar-refractivity contribution < 1.29 is 45.7 Å². The Labute approximate surface area is 83.6 Å². The molecule has 0 rings (SSSR count). The van der Waals surface area contributed by atoms with Gasteiger partial charge in [0, 0.05) is 5.41 Å². The molecule has 1 N–H and O–H groups in total. The van der Waals surface area contributed by atoms with Crippen molar-refractivity contribution in [3.8, 4) is 0 Å². The molecule has 0 aliphatic heterocycles. The predicted octanol–water partition coefficient (Wildman–Crippen LogP) is -2.20. The first kappa shape index (κ1) is 12.8. The van der Waals surface area contributed by atoms with E-state index in [1.54, 1.807) is 20.8 Å². The van der Waals surface area contributed by atoms with Crippen LogP contribution in [-0.4, -0.2) is 16.9 Å². The van der Waals surface area contributed by atoms with E-state index in [1.165, 1.54) is 0 Å². The summed E-state index contributed by atoms with van der Waals surface area (Å²) in [4.78, 5) is 20.6. The Balaban J connectivity index is -0.000000320. The molecule has 0 saturated heterocycles. The van der Waals surface area contributed by atoms with Gasteiger partial charge in [0.1, 0.15) is 0 Å². The summed E-state index contributed by atoms with van der Waals surface area (Å²) in [5.74, 6) is -2.11. The zero-order chi connectivity index (χ0) is 7.65. The molecular weight excluding hydrogens is 143 g/mol. The van der Waals surface area contributed by atoms with Crippen molar-refractivity contribution in [1.82, 2.24) is 0 Å². The summed E-state index contributed by atoms with van der Waals surface area (Å²) in [6.45, 7) is 4.72. The fraction of sp³-hybridized carbons (Fsp3) is 0.667. The number of aliphatic carboxylic acids is 1. The fourth-order valence-electron chi connectivity index (χ4n) is 0.321. The fourth-order valence-corrected chi connectivity index (χ4v) is 0.321. The third-order valence-electron chi connectivity index (χ3n) is 0.875. The molecule has 0 radical (unpaired) electrons. The molecule has 3 nitrogen and oxygen atoms in total. The molecule has 0 spiro atoms. The Hall–Kier alpha value is 0.140. The molecule has 54 valence electrons. The first-order valence-electron chi connectivity index (χ1n) is 2.63. The van der Waals surface area contributed by atoms with E-state index in [0.29, 0.717) is 0 Å². The second-order valence-corrected chi connectivity index (χ2v) is 2.88. The van der Waals surface area contributed by atoms with Gasteiger partial charge in [0.25, 0.3) is 0 Å². The van der Waals surface area contributed by atoms with Gasteiger partial charge in [0.15, 0.2) is 0 Å². The Morgan fingerprint density at radius 3 is 1.60 bits per heavy atom. The second kappa shape index (κ2) is 4.11. The molecule has 4 heteroatoms. The number of hydrogen-bond donors (Lipinski definition) is 1. The quantitative estimate of drug-likeness (QED) is 0.344. The van der Waals surface area contributed by atoms with Gasteiger partial charge in [0.2, 0.25) is 5.78 Å². The molecule has 0 heterocycles. The standard InChI is InChI=1S/C6H10O3.Na.H/c1-6(2,3)4(7)5(8)9;;/h1-3H3,(H,8,9);;/q;+1;-1. The van der Waals surface area contributed by atoms with Gasteiger partial charge in [-0.25, -0.2) is 4.79 Å². The maximum atomic E-state index is 10.6. The Bertz CT molecular complexity index is 150. The second-order valence-electron chi connectivity index (χ2n) is 2.88. The van der Waals surface area contributed by atoms with Crippen molar-refractivity contribution >= 4 is 11.8 Å². The molecule has 0 atom stereocenters. The first-order chi connectivity index (χ1) is 3.85. The van der Waals surface area contributed by atoms with Crippen molar-refractivity contribution in [3.63, 3.8) is 0 Å². The van der Waals surface area contributed by atoms with Gasteiger partial charge in [-0.1, -0.05) is 20.8 Å². The average molecular weight is 154 g/mol. The Morgan fingerprint density at radius 1 is 1.30 bits per heavy atom. The maximum absolute atomic E-state index is 10.6. The van der Waals surface area contributed by atoms with Crippen molar-refractivity contribution in [2.75, 3.05) is 0 Å². The summed E-state index contributed by atoms with van der Waals surface area (Å²) in [6.07, 6.45) is 0. The van der Waals surface area contributed by atoms with Crippen molar-refractivity contribution in [3.05, 3.63) is 0 Å². The van der Waals surface area contributed by atoms with Crippen molar-refractivity contribution in [2.45, 2.75) is 20.8 Å². The van der Waals surface area contributed by atoms with Crippen LogP contribution in [0.5, 0.6) is 0 Å². The summed E-state index contributed by atoms with van der Waals surface area (Å²) >= 11 is 0. The van der Waals surface area contributed by atoms with Crippen LogP contribution in [0.3, 0.4) is 0 Å². The zero-order valence-electron chi connectivity index (χ0n) is 7.76. The molecule has 0 aliphatic carbocycles. The Kier molecular flexibility index (Phi) is 5.25. The smallest absolute Gasteiger partial charge is 1.00 e. The molecule has 0 aromatic carbocycles. The van der Waals surface area contributed by atoms with E-state index in [2.05, 4.69) is 0 Å². The summed E-state index contributed by atoms with van der Waals surface area (Å²) in [5.41, 5.74) is -0.758. The number of carbonyl (C=O) groups is 2. The van der Waals surface area contributed by atoms with Crippen LogP contribution in [0, 0.1) is 5.41 Å². The van der Waals surface area contributed by atoms with Gasteiger partial charge < -0.3 is 6.53 Å². The van der Waals surface area contributed by atoms with E-state index in [0.717, 1.165) is 0 Å². The minimum atomic E-state index is -1.36. The topological polar surface area (TPSA) is 54.4 Å². The molecule has 0 saturated carbocycles. The molecule has 0 aromatic rings. The zero-order valence-corrected chi connectivity index (χ0v) is 8.76. The van der Waals surface area contributed by atoms with Crippen LogP contribution in [0.2, 0.25) is 0 Å².